The van der Waals surface area contributed by atoms with E-state index in [0.717, 1.165) is 0 Å². The standard InChI is InChI=1S/C14H22F3N3O3/c15-14(16,17)10-19-3-1-2-11(9-19)13(22)18-8-12(21)20-4-6-23-7-5-20/h11H,1-10H2,(H,18,22). The number of alkyl halides is 3. The number of likely N-dealkylation sites (tertiary alicyclic amines) is 1. The third-order valence-corrected chi connectivity index (χ3v) is 4.06. The number of rotatable bonds is 4. The number of hydrogen-bond acceptors (Lipinski definition) is 4. The lowest BCUT2D eigenvalue weighted by Crippen LogP contribution is -2.49. The zero-order chi connectivity index (χ0) is 16.9. The van der Waals surface area contributed by atoms with Gasteiger partial charge in [0.2, 0.25) is 11.8 Å². The number of carbonyl (C=O) groups is 2. The van der Waals surface area contributed by atoms with Gasteiger partial charge in [0.1, 0.15) is 0 Å². The Kier molecular flexibility index (Phi) is 6.23. The van der Waals surface area contributed by atoms with Crippen molar-refractivity contribution in [3.8, 4) is 0 Å². The molecule has 0 saturated carbocycles. The van der Waals surface area contributed by atoms with Gasteiger partial charge in [-0.05, 0) is 19.4 Å². The third kappa shape index (κ3) is 5.98. The molecule has 23 heavy (non-hydrogen) atoms. The smallest absolute Gasteiger partial charge is 0.378 e. The average Bonchev–Trinajstić information content (AvgIpc) is 2.51. The van der Waals surface area contributed by atoms with Crippen molar-refractivity contribution in [2.24, 2.45) is 5.92 Å². The van der Waals surface area contributed by atoms with E-state index in [4.69, 9.17) is 4.74 Å². The number of piperidine rings is 1. The monoisotopic (exact) mass is 337 g/mol. The maximum atomic E-state index is 12.4. The van der Waals surface area contributed by atoms with Gasteiger partial charge in [-0.3, -0.25) is 14.5 Å². The van der Waals surface area contributed by atoms with Crippen LogP contribution in [0.5, 0.6) is 0 Å². The molecule has 0 aromatic heterocycles. The first kappa shape index (κ1) is 18.0. The molecule has 0 aromatic carbocycles. The topological polar surface area (TPSA) is 61.9 Å². The predicted octanol–water partition coefficient (Wildman–Crippen LogP) is 0.236. The zero-order valence-corrected chi connectivity index (χ0v) is 12.9. The molecule has 2 rings (SSSR count). The molecule has 2 heterocycles. The Hall–Kier alpha value is -1.35. The highest BCUT2D eigenvalue weighted by molar-refractivity contribution is 5.86. The van der Waals surface area contributed by atoms with Crippen molar-refractivity contribution in [1.82, 2.24) is 15.1 Å². The van der Waals surface area contributed by atoms with Crippen molar-refractivity contribution < 1.29 is 27.5 Å². The molecule has 0 aliphatic carbocycles. The van der Waals surface area contributed by atoms with Gasteiger partial charge in [-0.1, -0.05) is 0 Å². The van der Waals surface area contributed by atoms with Gasteiger partial charge in [0.15, 0.2) is 0 Å². The Morgan fingerprint density at radius 1 is 1.17 bits per heavy atom. The molecule has 2 saturated heterocycles. The summed E-state index contributed by atoms with van der Waals surface area (Å²) in [6.45, 7) is 1.27. The van der Waals surface area contributed by atoms with E-state index in [1.165, 1.54) is 4.90 Å². The molecule has 0 spiro atoms. The van der Waals surface area contributed by atoms with Crippen molar-refractivity contribution in [2.75, 3.05) is 52.5 Å². The highest BCUT2D eigenvalue weighted by Gasteiger charge is 2.34. The number of nitrogens with zero attached hydrogens (tertiary/aromatic N) is 2. The van der Waals surface area contributed by atoms with E-state index in [2.05, 4.69) is 5.32 Å². The number of carbonyl (C=O) groups excluding carboxylic acids is 2. The van der Waals surface area contributed by atoms with E-state index >= 15 is 0 Å². The summed E-state index contributed by atoms with van der Waals surface area (Å²) in [6, 6.07) is 0. The number of halogens is 3. The maximum Gasteiger partial charge on any atom is 0.401 e. The predicted molar refractivity (Wildman–Crippen MR) is 75.6 cm³/mol. The van der Waals surface area contributed by atoms with Crippen molar-refractivity contribution in [3.63, 3.8) is 0 Å². The van der Waals surface area contributed by atoms with E-state index in [0.29, 0.717) is 45.7 Å². The first-order chi connectivity index (χ1) is 10.8. The molecule has 2 aliphatic rings. The van der Waals surface area contributed by atoms with Crippen LogP contribution < -0.4 is 5.32 Å². The fourth-order valence-electron chi connectivity index (χ4n) is 2.90. The van der Waals surface area contributed by atoms with Gasteiger partial charge in [-0.25, -0.2) is 0 Å². The van der Waals surface area contributed by atoms with Crippen molar-refractivity contribution in [2.45, 2.75) is 19.0 Å². The van der Waals surface area contributed by atoms with Crippen LogP contribution in [0, 0.1) is 5.92 Å². The number of hydrogen-bond donors (Lipinski definition) is 1. The molecule has 0 radical (unpaired) electrons. The number of morpholine rings is 1. The molecule has 2 fully saturated rings. The van der Waals surface area contributed by atoms with Crippen LogP contribution >= 0.6 is 0 Å². The number of amides is 2. The molecule has 0 aromatic rings. The molecule has 9 heteroatoms. The Bertz CT molecular complexity index is 425. The summed E-state index contributed by atoms with van der Waals surface area (Å²) in [5.74, 6) is -1.04. The summed E-state index contributed by atoms with van der Waals surface area (Å²) < 4.78 is 42.4. The fraction of sp³-hybridized carbons (Fsp3) is 0.857. The molecule has 0 bridgehead atoms. The Labute approximate surface area is 132 Å². The van der Waals surface area contributed by atoms with Gasteiger partial charge in [-0.15, -0.1) is 0 Å². The van der Waals surface area contributed by atoms with Crippen LogP contribution in [0.3, 0.4) is 0 Å². The largest absolute Gasteiger partial charge is 0.401 e. The van der Waals surface area contributed by atoms with Gasteiger partial charge >= 0.3 is 6.18 Å². The first-order valence-corrected chi connectivity index (χ1v) is 7.77. The van der Waals surface area contributed by atoms with Crippen LogP contribution in [0.15, 0.2) is 0 Å². The van der Waals surface area contributed by atoms with Crippen LogP contribution in [-0.2, 0) is 14.3 Å². The molecule has 6 nitrogen and oxygen atoms in total. The summed E-state index contributed by atoms with van der Waals surface area (Å²) >= 11 is 0. The zero-order valence-electron chi connectivity index (χ0n) is 12.9. The third-order valence-electron chi connectivity index (χ3n) is 4.06. The molecular weight excluding hydrogens is 315 g/mol. The second-order valence-corrected chi connectivity index (χ2v) is 5.90. The Balaban J connectivity index is 1.75. The van der Waals surface area contributed by atoms with Gasteiger partial charge in [0.25, 0.3) is 0 Å². The van der Waals surface area contributed by atoms with Crippen LogP contribution in [0.25, 0.3) is 0 Å². The van der Waals surface area contributed by atoms with E-state index in [9.17, 15) is 22.8 Å². The van der Waals surface area contributed by atoms with E-state index in [-0.39, 0.29) is 24.9 Å². The lowest BCUT2D eigenvalue weighted by molar-refractivity contribution is -0.152. The van der Waals surface area contributed by atoms with E-state index < -0.39 is 18.6 Å². The van der Waals surface area contributed by atoms with Gasteiger partial charge in [0.05, 0.1) is 32.2 Å². The highest BCUT2D eigenvalue weighted by Crippen LogP contribution is 2.22. The minimum absolute atomic E-state index is 0.0804. The van der Waals surface area contributed by atoms with Crippen molar-refractivity contribution in [3.05, 3.63) is 0 Å². The first-order valence-electron chi connectivity index (χ1n) is 7.77. The SMILES string of the molecule is O=C(NCC(=O)N1CCOCC1)C1CCCN(CC(F)(F)F)C1. The summed E-state index contributed by atoms with van der Waals surface area (Å²) in [4.78, 5) is 26.9. The minimum atomic E-state index is -4.26. The molecule has 2 aliphatic heterocycles. The van der Waals surface area contributed by atoms with E-state index in [1.54, 1.807) is 4.90 Å². The summed E-state index contributed by atoms with van der Waals surface area (Å²) in [5.41, 5.74) is 0. The molecule has 1 unspecified atom stereocenters. The normalized spacial score (nSPS) is 23.6. The molecular formula is C14H22F3N3O3. The molecule has 132 valence electrons. The maximum absolute atomic E-state index is 12.4. The lowest BCUT2D eigenvalue weighted by Gasteiger charge is -2.32. The van der Waals surface area contributed by atoms with Crippen molar-refractivity contribution in [1.29, 1.82) is 0 Å². The second kappa shape index (κ2) is 7.96. The number of ether oxygens (including phenoxy) is 1. The Morgan fingerprint density at radius 2 is 1.87 bits per heavy atom. The molecule has 2 amide bonds. The van der Waals surface area contributed by atoms with Crippen LogP contribution in [0.4, 0.5) is 13.2 Å². The highest BCUT2D eigenvalue weighted by atomic mass is 19.4. The lowest BCUT2D eigenvalue weighted by atomic mass is 9.97. The summed E-state index contributed by atoms with van der Waals surface area (Å²) in [6.07, 6.45) is -3.16. The van der Waals surface area contributed by atoms with Gasteiger partial charge < -0.3 is 15.0 Å². The van der Waals surface area contributed by atoms with E-state index in [1.807, 2.05) is 0 Å². The van der Waals surface area contributed by atoms with Crippen molar-refractivity contribution >= 4 is 11.8 Å². The number of nitrogens with one attached hydrogen (secondary N) is 1. The minimum Gasteiger partial charge on any atom is -0.378 e. The Morgan fingerprint density at radius 3 is 2.52 bits per heavy atom. The van der Waals surface area contributed by atoms with Gasteiger partial charge in [0, 0.05) is 19.6 Å². The van der Waals surface area contributed by atoms with Crippen LogP contribution in [0.1, 0.15) is 12.8 Å². The molecule has 1 atom stereocenters. The fourth-order valence-corrected chi connectivity index (χ4v) is 2.90. The second-order valence-electron chi connectivity index (χ2n) is 5.90. The van der Waals surface area contributed by atoms with Crippen LogP contribution in [0.2, 0.25) is 0 Å². The van der Waals surface area contributed by atoms with Gasteiger partial charge in [-0.2, -0.15) is 13.2 Å². The molecule has 1 N–H and O–H groups in total. The quantitative estimate of drug-likeness (QED) is 0.798. The summed E-state index contributed by atoms with van der Waals surface area (Å²) in [7, 11) is 0. The average molecular weight is 337 g/mol. The summed E-state index contributed by atoms with van der Waals surface area (Å²) in [5, 5.41) is 2.55. The van der Waals surface area contributed by atoms with Crippen LogP contribution in [-0.4, -0.2) is 80.3 Å².